The van der Waals surface area contributed by atoms with E-state index in [9.17, 15) is 13.5 Å². The average Bonchev–Trinajstić information content (AvgIpc) is 2.82. The number of halogens is 1. The maximum Gasteiger partial charge on any atom is 0.244 e. The van der Waals surface area contributed by atoms with E-state index in [1.54, 1.807) is 19.1 Å². The molecule has 6 heteroatoms. The van der Waals surface area contributed by atoms with Crippen LogP contribution in [-0.4, -0.2) is 37.0 Å². The Labute approximate surface area is 122 Å². The van der Waals surface area contributed by atoms with Gasteiger partial charge in [-0.3, -0.25) is 0 Å². The van der Waals surface area contributed by atoms with Gasteiger partial charge in [0.1, 0.15) is 0 Å². The van der Waals surface area contributed by atoms with Gasteiger partial charge in [0.25, 0.3) is 0 Å². The summed E-state index contributed by atoms with van der Waals surface area (Å²) in [6.07, 6.45) is 0.238. The van der Waals surface area contributed by atoms with Crippen LogP contribution in [0.2, 0.25) is 0 Å². The molecule has 4 nitrogen and oxygen atoms in total. The molecule has 2 atom stereocenters. The summed E-state index contributed by atoms with van der Waals surface area (Å²) in [5.74, 6) is 0.0263. The Morgan fingerprint density at radius 1 is 1.47 bits per heavy atom. The van der Waals surface area contributed by atoms with Gasteiger partial charge in [0.05, 0.1) is 11.0 Å². The van der Waals surface area contributed by atoms with Crippen LogP contribution in [0.5, 0.6) is 0 Å². The third kappa shape index (κ3) is 2.86. The summed E-state index contributed by atoms with van der Waals surface area (Å²) in [4.78, 5) is 0.304. The molecular weight excluding hydrogens is 330 g/mol. The highest BCUT2D eigenvalue weighted by molar-refractivity contribution is 9.10. The Morgan fingerprint density at radius 2 is 2.16 bits per heavy atom. The van der Waals surface area contributed by atoms with E-state index in [4.69, 9.17) is 0 Å². The van der Waals surface area contributed by atoms with Crippen LogP contribution in [0.1, 0.15) is 18.9 Å². The second kappa shape index (κ2) is 5.52. The molecule has 1 aliphatic rings. The summed E-state index contributed by atoms with van der Waals surface area (Å²) in [6, 6.07) is 5.23. The van der Waals surface area contributed by atoms with Crippen molar-refractivity contribution in [2.75, 3.05) is 13.1 Å². The van der Waals surface area contributed by atoms with E-state index in [-0.39, 0.29) is 5.92 Å². The number of rotatable bonds is 3. The molecule has 1 aromatic rings. The van der Waals surface area contributed by atoms with E-state index in [0.29, 0.717) is 28.9 Å². The van der Waals surface area contributed by atoms with Gasteiger partial charge in [-0.25, -0.2) is 8.42 Å². The fraction of sp³-hybridized carbons (Fsp3) is 0.538. The zero-order valence-corrected chi connectivity index (χ0v) is 13.4. The molecule has 0 aliphatic carbocycles. The van der Waals surface area contributed by atoms with Gasteiger partial charge in [-0.05, 0) is 53.7 Å². The van der Waals surface area contributed by atoms with Crippen molar-refractivity contribution in [1.82, 2.24) is 4.31 Å². The molecule has 1 N–H and O–H groups in total. The Kier molecular flexibility index (Phi) is 4.35. The van der Waals surface area contributed by atoms with Crippen molar-refractivity contribution in [1.29, 1.82) is 0 Å². The van der Waals surface area contributed by atoms with Crippen molar-refractivity contribution in [2.45, 2.75) is 31.3 Å². The standard InChI is InChI=1S/C13H18BrNO3S/c1-9-4-3-5-12(13(9)14)19(17,18)15-7-6-11(8-15)10(2)16/h3-5,10-11,16H,6-8H2,1-2H3. The predicted molar refractivity (Wildman–Crippen MR) is 77.4 cm³/mol. The second-order valence-corrected chi connectivity index (χ2v) is 7.74. The minimum atomic E-state index is -3.48. The molecule has 0 bridgehead atoms. The van der Waals surface area contributed by atoms with Crippen molar-refractivity contribution in [3.63, 3.8) is 0 Å². The van der Waals surface area contributed by atoms with Crippen LogP contribution in [0.15, 0.2) is 27.6 Å². The SMILES string of the molecule is Cc1cccc(S(=O)(=O)N2CCC(C(C)O)C2)c1Br. The fourth-order valence-corrected chi connectivity index (χ4v) is 4.85. The Morgan fingerprint density at radius 3 is 2.74 bits per heavy atom. The third-order valence-electron chi connectivity index (χ3n) is 3.64. The lowest BCUT2D eigenvalue weighted by molar-refractivity contribution is 0.133. The molecule has 1 heterocycles. The molecule has 1 aliphatic heterocycles. The second-order valence-electron chi connectivity index (χ2n) is 5.04. The molecule has 2 unspecified atom stereocenters. The zero-order valence-electron chi connectivity index (χ0n) is 11.0. The first kappa shape index (κ1) is 15.0. The molecule has 0 radical (unpaired) electrons. The highest BCUT2D eigenvalue weighted by Crippen LogP contribution is 2.31. The highest BCUT2D eigenvalue weighted by Gasteiger charge is 2.35. The van der Waals surface area contributed by atoms with Gasteiger partial charge in [-0.1, -0.05) is 12.1 Å². The van der Waals surface area contributed by atoms with Gasteiger partial charge >= 0.3 is 0 Å². The molecule has 1 aromatic carbocycles. The summed E-state index contributed by atoms with van der Waals surface area (Å²) >= 11 is 3.35. The lowest BCUT2D eigenvalue weighted by atomic mass is 10.0. The summed E-state index contributed by atoms with van der Waals surface area (Å²) in [5.41, 5.74) is 0.896. The molecular formula is C13H18BrNO3S. The Bertz CT molecular complexity index is 571. The van der Waals surface area contributed by atoms with Crippen LogP contribution in [0.4, 0.5) is 0 Å². The van der Waals surface area contributed by atoms with E-state index in [1.165, 1.54) is 4.31 Å². The normalized spacial score (nSPS) is 22.6. The first-order chi connectivity index (χ1) is 8.84. The molecule has 0 amide bonds. The van der Waals surface area contributed by atoms with Crippen molar-refractivity contribution < 1.29 is 13.5 Å². The van der Waals surface area contributed by atoms with Gasteiger partial charge < -0.3 is 5.11 Å². The molecule has 0 saturated carbocycles. The first-order valence-corrected chi connectivity index (χ1v) is 8.50. The third-order valence-corrected chi connectivity index (χ3v) is 6.87. The maximum atomic E-state index is 12.6. The van der Waals surface area contributed by atoms with Crippen LogP contribution >= 0.6 is 15.9 Å². The molecule has 19 heavy (non-hydrogen) atoms. The number of sulfonamides is 1. The largest absolute Gasteiger partial charge is 0.393 e. The molecule has 2 rings (SSSR count). The number of hydrogen-bond acceptors (Lipinski definition) is 3. The van der Waals surface area contributed by atoms with Gasteiger partial charge in [-0.2, -0.15) is 4.31 Å². The van der Waals surface area contributed by atoms with Crippen LogP contribution in [0.3, 0.4) is 0 Å². The van der Waals surface area contributed by atoms with Crippen LogP contribution in [0.25, 0.3) is 0 Å². The van der Waals surface area contributed by atoms with E-state index < -0.39 is 16.1 Å². The molecule has 1 fully saturated rings. The van der Waals surface area contributed by atoms with Crippen molar-refractivity contribution in [3.8, 4) is 0 Å². The number of hydrogen-bond donors (Lipinski definition) is 1. The van der Waals surface area contributed by atoms with Gasteiger partial charge in [0.15, 0.2) is 0 Å². The Balaban J connectivity index is 2.31. The number of aryl methyl sites for hydroxylation is 1. The lowest BCUT2D eigenvalue weighted by Gasteiger charge is -2.19. The number of nitrogens with zero attached hydrogens (tertiary/aromatic N) is 1. The highest BCUT2D eigenvalue weighted by atomic mass is 79.9. The predicted octanol–water partition coefficient (Wildman–Crippen LogP) is 2.15. The monoisotopic (exact) mass is 347 g/mol. The smallest absolute Gasteiger partial charge is 0.244 e. The molecule has 0 spiro atoms. The maximum absolute atomic E-state index is 12.6. The van der Waals surface area contributed by atoms with Crippen LogP contribution in [0, 0.1) is 12.8 Å². The van der Waals surface area contributed by atoms with Crippen LogP contribution < -0.4 is 0 Å². The topological polar surface area (TPSA) is 57.6 Å². The average molecular weight is 348 g/mol. The number of benzene rings is 1. The van der Waals surface area contributed by atoms with Crippen molar-refractivity contribution >= 4 is 26.0 Å². The fourth-order valence-electron chi connectivity index (χ4n) is 2.32. The summed E-state index contributed by atoms with van der Waals surface area (Å²) in [7, 11) is -3.48. The molecule has 1 saturated heterocycles. The van der Waals surface area contributed by atoms with Gasteiger partial charge in [-0.15, -0.1) is 0 Å². The zero-order chi connectivity index (χ0) is 14.2. The molecule has 106 valence electrons. The first-order valence-electron chi connectivity index (χ1n) is 6.27. The Hall–Kier alpha value is -0.430. The van der Waals surface area contributed by atoms with E-state index in [0.717, 1.165) is 5.56 Å². The van der Waals surface area contributed by atoms with E-state index in [1.807, 2.05) is 13.0 Å². The van der Waals surface area contributed by atoms with E-state index in [2.05, 4.69) is 15.9 Å². The quantitative estimate of drug-likeness (QED) is 0.911. The van der Waals surface area contributed by atoms with Crippen molar-refractivity contribution in [2.24, 2.45) is 5.92 Å². The number of aliphatic hydroxyl groups excluding tert-OH is 1. The summed E-state index contributed by atoms with van der Waals surface area (Å²) in [6.45, 7) is 4.44. The lowest BCUT2D eigenvalue weighted by Crippen LogP contribution is -2.30. The van der Waals surface area contributed by atoms with Gasteiger partial charge in [0.2, 0.25) is 10.0 Å². The van der Waals surface area contributed by atoms with Crippen molar-refractivity contribution in [3.05, 3.63) is 28.2 Å². The minimum absolute atomic E-state index is 0.0263. The molecule has 0 aromatic heterocycles. The van der Waals surface area contributed by atoms with Gasteiger partial charge in [0, 0.05) is 17.6 Å². The minimum Gasteiger partial charge on any atom is -0.393 e. The van der Waals surface area contributed by atoms with Crippen LogP contribution in [-0.2, 0) is 10.0 Å². The van der Waals surface area contributed by atoms with E-state index >= 15 is 0 Å². The summed E-state index contributed by atoms with van der Waals surface area (Å²) in [5, 5.41) is 9.57. The summed E-state index contributed by atoms with van der Waals surface area (Å²) < 4.78 is 27.3. The number of aliphatic hydroxyl groups is 1.